The van der Waals surface area contributed by atoms with Crippen LogP contribution in [0.4, 0.5) is 0 Å². The van der Waals surface area contributed by atoms with Crippen LogP contribution in [0.2, 0.25) is 0 Å². The zero-order chi connectivity index (χ0) is 34.5. The van der Waals surface area contributed by atoms with Gasteiger partial charge in [-0.05, 0) is 102 Å². The van der Waals surface area contributed by atoms with Gasteiger partial charge in [-0.1, -0.05) is 5.92 Å². The zero-order valence-corrected chi connectivity index (χ0v) is 24.0. The van der Waals surface area contributed by atoms with Crippen molar-refractivity contribution in [3.63, 3.8) is 0 Å². The molecule has 0 saturated heterocycles. The average Bonchev–Trinajstić information content (AvgIpc) is 3.10. The van der Waals surface area contributed by atoms with E-state index in [1.165, 1.54) is 0 Å². The summed E-state index contributed by atoms with van der Waals surface area (Å²) in [5, 5.41) is 0. The van der Waals surface area contributed by atoms with Crippen LogP contribution in [0.15, 0.2) is 0 Å². The molecule has 0 aliphatic carbocycles. The van der Waals surface area contributed by atoms with Crippen LogP contribution in [-0.4, -0.2) is 0 Å². The molecular formula is C47H4. The van der Waals surface area contributed by atoms with Crippen molar-refractivity contribution >= 4 is 0 Å². The van der Waals surface area contributed by atoms with E-state index in [1.807, 2.05) is 6.40 Å². The molecule has 0 N–H and O–H groups in total. The minimum atomic E-state index is 1.69. The van der Waals surface area contributed by atoms with Gasteiger partial charge in [0.25, 0.3) is 0 Å². The Morgan fingerprint density at radius 2 is 0.340 bits per heavy atom. The molecule has 0 aromatic heterocycles. The molecule has 0 fully saturated rings. The van der Waals surface area contributed by atoms with Crippen LogP contribution in [0.25, 0.3) is 0 Å². The maximum atomic E-state index is 6.56. The van der Waals surface area contributed by atoms with E-state index in [-0.39, 0.29) is 0 Å². The summed E-state index contributed by atoms with van der Waals surface area (Å²) in [5.41, 5.74) is 0. The van der Waals surface area contributed by atoms with E-state index >= 15 is 0 Å². The number of terminal acetylenes is 1. The lowest BCUT2D eigenvalue weighted by Gasteiger charge is -1.57. The molecular weight excluding hydrogens is 565 g/mol. The Morgan fingerprint density at radius 3 is 0.468 bits per heavy atom. The largest absolute Gasteiger partial charge is 0.125 e. The van der Waals surface area contributed by atoms with Gasteiger partial charge >= 0.3 is 0 Å². The molecule has 0 rings (SSSR count). The predicted molar refractivity (Wildman–Crippen MR) is 186 cm³/mol. The minimum absolute atomic E-state index is 1.69. The highest BCUT2D eigenvalue weighted by Crippen LogP contribution is 1.62. The maximum absolute atomic E-state index is 6.56. The van der Waals surface area contributed by atoms with Gasteiger partial charge in [0.1, 0.15) is 1.37 Å². The fourth-order valence-electron chi connectivity index (χ4n) is 1.38. The molecule has 0 heterocycles. The second kappa shape index (κ2) is 35.9. The highest BCUT2D eigenvalue weighted by atomic mass is 13.6. The lowest BCUT2D eigenvalue weighted by atomic mass is 10.4. The summed E-state index contributed by atoms with van der Waals surface area (Å²) >= 11 is 0. The van der Waals surface area contributed by atoms with E-state index < -0.39 is 0 Å². The molecule has 0 amide bonds. The molecule has 0 aromatic carbocycles. The van der Waals surface area contributed by atoms with Gasteiger partial charge in [0.15, 0.2) is 0 Å². The molecule has 0 aliphatic heterocycles. The summed E-state index contributed by atoms with van der Waals surface area (Å²) in [6, 6.07) is 0. The van der Waals surface area contributed by atoms with E-state index in [0.717, 1.165) is 0 Å². The summed E-state index contributed by atoms with van der Waals surface area (Å²) in [4.78, 5) is 0. The number of rotatable bonds is 0. The Hall–Kier alpha value is -10.1. The summed E-state index contributed by atoms with van der Waals surface area (Å²) in [6.07, 6.45) is 1.88. The van der Waals surface area contributed by atoms with Crippen molar-refractivity contribution in [1.29, 1.82) is 0 Å². The van der Waals surface area contributed by atoms with Gasteiger partial charge in [-0.25, -0.2) is 0 Å². The average molecular weight is 570 g/mol. The molecule has 0 nitrogen and oxygen atoms in total. The van der Waals surface area contributed by atoms with Crippen molar-refractivity contribution in [1.82, 2.24) is 0 Å². The minimum Gasteiger partial charge on any atom is -0.106 e. The lowest BCUT2D eigenvalue weighted by Crippen LogP contribution is -1.57. The van der Waals surface area contributed by atoms with Crippen molar-refractivity contribution in [3.8, 4) is 273 Å². The first kappa shape index (κ1) is 34.9. The smallest absolute Gasteiger partial charge is 0.106 e. The highest BCUT2D eigenvalue weighted by Gasteiger charge is 1.61. The van der Waals surface area contributed by atoms with Crippen molar-refractivity contribution in [3.05, 3.63) is 0 Å². The van der Waals surface area contributed by atoms with Gasteiger partial charge in [0.05, 0.1) is 0 Å². The second-order valence-corrected chi connectivity index (χ2v) is 5.75. The van der Waals surface area contributed by atoms with Crippen LogP contribution in [0.1, 0.15) is 8.29 Å². The molecule has 192 valence electrons. The second-order valence-electron chi connectivity index (χ2n) is 5.75. The van der Waals surface area contributed by atoms with Crippen molar-refractivity contribution in [2.75, 3.05) is 0 Å². The molecule has 0 aromatic rings. The highest BCUT2D eigenvalue weighted by molar-refractivity contribution is 5.50. The monoisotopic (exact) mass is 569 g/mol. The number of hydrogen-bond acceptors (Lipinski definition) is 0. The van der Waals surface area contributed by atoms with Crippen molar-refractivity contribution in [2.45, 2.75) is 6.92 Å². The molecule has 47 heavy (non-hydrogen) atoms. The molecule has 0 spiro atoms. The van der Waals surface area contributed by atoms with Gasteiger partial charge in [-0.3, -0.25) is 0 Å². The first-order valence-corrected chi connectivity index (χ1v) is 11.8. The first-order valence-electron chi connectivity index (χ1n) is 12.2. The van der Waals surface area contributed by atoms with Gasteiger partial charge < -0.3 is 0 Å². The fraction of sp³-hybridized carbons (Fsp3) is 0.0213. The van der Waals surface area contributed by atoms with Gasteiger partial charge in [-0.2, -0.15) is 0 Å². The quantitative estimate of drug-likeness (QED) is 0.378. The summed E-state index contributed by atoms with van der Waals surface area (Å²) in [5.74, 6) is 112. The van der Waals surface area contributed by atoms with Crippen molar-refractivity contribution in [2.24, 2.45) is 0 Å². The van der Waals surface area contributed by atoms with Crippen LogP contribution in [0.3, 0.4) is 0 Å². The Kier molecular flexibility index (Phi) is 26.6. The summed E-state index contributed by atoms with van der Waals surface area (Å²) in [6.45, 7) is 1.69. The first-order chi connectivity index (χ1) is 23.9. The molecule has 0 radical (unpaired) electrons. The van der Waals surface area contributed by atoms with E-state index in [4.69, 9.17) is 1.37 Å². The van der Waals surface area contributed by atoms with E-state index in [0.29, 0.717) is 0 Å². The van der Waals surface area contributed by atoms with E-state index in [2.05, 4.69) is 266 Å². The van der Waals surface area contributed by atoms with Gasteiger partial charge in [-0.15, -0.1) is 6.40 Å². The summed E-state index contributed by atoms with van der Waals surface area (Å²) < 4.78 is 6.56. The van der Waals surface area contributed by atoms with Crippen LogP contribution in [-0.2, 0) is 0 Å². The molecule has 0 aliphatic rings. The molecule has 0 heteroatoms. The molecule has 0 atom stereocenters. The van der Waals surface area contributed by atoms with Crippen molar-refractivity contribution < 1.29 is 1.37 Å². The molecule has 0 saturated carbocycles. The van der Waals surface area contributed by atoms with Crippen LogP contribution in [0.5, 0.6) is 0 Å². The normalized spacial score (nSPS) is 4.06. The topological polar surface area (TPSA) is 0 Å². The maximum Gasteiger partial charge on any atom is 0.125 e. The Morgan fingerprint density at radius 1 is 0.213 bits per heavy atom. The third-order valence-electron chi connectivity index (χ3n) is 2.81. The zero-order valence-electron chi connectivity index (χ0n) is 25.0. The van der Waals surface area contributed by atoms with E-state index in [9.17, 15) is 0 Å². The third-order valence-corrected chi connectivity index (χ3v) is 2.81. The lowest BCUT2D eigenvalue weighted by molar-refractivity contribution is 1.92. The third kappa shape index (κ3) is 35.9. The molecule has 0 bridgehead atoms. The SMILES string of the molecule is [2H]C#CC#CC#CC#CC#CC#CC#CC#CC#CC#CC#CC#CC#CC#CC#CC#CC#CC#CC#CC#CC#CC#CC#CC. The van der Waals surface area contributed by atoms with Gasteiger partial charge in [0, 0.05) is 166 Å². The predicted octanol–water partition coefficient (Wildman–Crippen LogP) is 0.714. The van der Waals surface area contributed by atoms with Crippen LogP contribution >= 0.6 is 0 Å². The standard InChI is InChI=1S/C47H4/c1-3-5-7-9-11-13-15-17-19-21-23-25-27-29-31-33-35-37-39-41-43-45-47-46-44-42-40-38-36-34-32-30-28-26-24-22-20-18-16-14-12-10-8-6-4-2/h1H,2H3/i1D. The van der Waals surface area contributed by atoms with Crippen LogP contribution in [0, 0.1) is 273 Å². The van der Waals surface area contributed by atoms with E-state index in [1.54, 1.807) is 6.92 Å². The molecule has 0 unspecified atom stereocenters. The Balaban J connectivity index is 4.55. The Bertz CT molecular complexity index is 2660. The number of hydrogen-bond donors (Lipinski definition) is 0. The Labute approximate surface area is 280 Å². The fourth-order valence-corrected chi connectivity index (χ4v) is 1.38. The van der Waals surface area contributed by atoms with Gasteiger partial charge in [0.2, 0.25) is 0 Å². The summed E-state index contributed by atoms with van der Waals surface area (Å²) in [7, 11) is 0. The van der Waals surface area contributed by atoms with Crippen LogP contribution < -0.4 is 0 Å².